The lowest BCUT2D eigenvalue weighted by atomic mass is 9.93. The standard InChI is InChI=1S/C13H19FN2O2/c1-16-13(17)10(4-3-7-15)9-5-6-12(18-2)11(14)8-9/h5-6,8,10H,3-4,7,15H2,1-2H3,(H,16,17). The van der Waals surface area contributed by atoms with Crippen LogP contribution in [-0.4, -0.2) is 26.6 Å². The van der Waals surface area contributed by atoms with Gasteiger partial charge in [-0.15, -0.1) is 0 Å². The Balaban J connectivity index is 2.97. The summed E-state index contributed by atoms with van der Waals surface area (Å²) in [5.41, 5.74) is 6.09. The van der Waals surface area contributed by atoms with Crippen molar-refractivity contribution in [3.63, 3.8) is 0 Å². The van der Waals surface area contributed by atoms with Crippen molar-refractivity contribution in [2.75, 3.05) is 20.7 Å². The molecule has 0 spiro atoms. The van der Waals surface area contributed by atoms with Gasteiger partial charge in [-0.2, -0.15) is 0 Å². The Morgan fingerprint density at radius 1 is 1.56 bits per heavy atom. The number of amides is 1. The zero-order chi connectivity index (χ0) is 13.5. The maximum Gasteiger partial charge on any atom is 0.227 e. The summed E-state index contributed by atoms with van der Waals surface area (Å²) in [4.78, 5) is 11.8. The second-order valence-electron chi connectivity index (χ2n) is 3.99. The molecule has 5 heteroatoms. The second kappa shape index (κ2) is 6.96. The molecule has 1 atom stereocenters. The molecular formula is C13H19FN2O2. The maximum atomic E-state index is 13.6. The minimum atomic E-state index is -0.461. The van der Waals surface area contributed by atoms with E-state index in [1.54, 1.807) is 13.1 Å². The predicted octanol–water partition coefficient (Wildman–Crippen LogP) is 1.40. The summed E-state index contributed by atoms with van der Waals surface area (Å²) in [6.07, 6.45) is 1.31. The van der Waals surface area contributed by atoms with Gasteiger partial charge in [-0.3, -0.25) is 4.79 Å². The van der Waals surface area contributed by atoms with Crippen LogP contribution < -0.4 is 15.8 Å². The first kappa shape index (κ1) is 14.4. The molecule has 1 aromatic carbocycles. The van der Waals surface area contributed by atoms with E-state index in [1.807, 2.05) is 0 Å². The van der Waals surface area contributed by atoms with E-state index < -0.39 is 5.82 Å². The molecule has 0 radical (unpaired) electrons. The van der Waals surface area contributed by atoms with Crippen LogP contribution in [0.1, 0.15) is 24.3 Å². The average Bonchev–Trinajstić information content (AvgIpc) is 2.39. The predicted molar refractivity (Wildman–Crippen MR) is 68.0 cm³/mol. The molecular weight excluding hydrogens is 235 g/mol. The lowest BCUT2D eigenvalue weighted by Gasteiger charge is -2.16. The van der Waals surface area contributed by atoms with Gasteiger partial charge in [0.1, 0.15) is 0 Å². The molecule has 0 aliphatic heterocycles. The summed E-state index contributed by atoms with van der Waals surface area (Å²) >= 11 is 0. The number of halogens is 1. The number of ether oxygens (including phenoxy) is 1. The van der Waals surface area contributed by atoms with Crippen molar-refractivity contribution in [3.05, 3.63) is 29.6 Å². The number of nitrogens with one attached hydrogen (secondary N) is 1. The van der Waals surface area contributed by atoms with Gasteiger partial charge >= 0.3 is 0 Å². The van der Waals surface area contributed by atoms with Crippen LogP contribution in [0.15, 0.2) is 18.2 Å². The summed E-state index contributed by atoms with van der Waals surface area (Å²) in [5.74, 6) is -0.795. The summed E-state index contributed by atoms with van der Waals surface area (Å²) in [6, 6.07) is 4.58. The maximum absolute atomic E-state index is 13.6. The highest BCUT2D eigenvalue weighted by Gasteiger charge is 2.20. The monoisotopic (exact) mass is 254 g/mol. The number of hydrogen-bond acceptors (Lipinski definition) is 3. The molecule has 0 fully saturated rings. The van der Waals surface area contributed by atoms with E-state index in [0.717, 1.165) is 0 Å². The van der Waals surface area contributed by atoms with Crippen LogP contribution in [0.3, 0.4) is 0 Å². The van der Waals surface area contributed by atoms with Crippen molar-refractivity contribution in [1.82, 2.24) is 5.32 Å². The Hall–Kier alpha value is -1.62. The zero-order valence-electron chi connectivity index (χ0n) is 10.7. The highest BCUT2D eigenvalue weighted by Crippen LogP contribution is 2.26. The highest BCUT2D eigenvalue weighted by molar-refractivity contribution is 5.83. The van der Waals surface area contributed by atoms with Gasteiger partial charge in [0.2, 0.25) is 5.91 Å². The molecule has 4 nitrogen and oxygen atoms in total. The molecule has 1 amide bonds. The van der Waals surface area contributed by atoms with Gasteiger partial charge in [-0.05, 0) is 37.1 Å². The first-order valence-electron chi connectivity index (χ1n) is 5.89. The molecule has 0 aromatic heterocycles. The molecule has 0 saturated heterocycles. The molecule has 0 bridgehead atoms. The SMILES string of the molecule is CNC(=O)C(CCCN)c1ccc(OC)c(F)c1. The average molecular weight is 254 g/mol. The molecule has 1 unspecified atom stereocenters. The first-order valence-corrected chi connectivity index (χ1v) is 5.89. The topological polar surface area (TPSA) is 64.4 Å². The van der Waals surface area contributed by atoms with E-state index >= 15 is 0 Å². The molecule has 0 heterocycles. The van der Waals surface area contributed by atoms with Crippen LogP contribution in [0.4, 0.5) is 4.39 Å². The third kappa shape index (κ3) is 3.43. The van der Waals surface area contributed by atoms with Gasteiger partial charge < -0.3 is 15.8 Å². The third-order valence-corrected chi connectivity index (χ3v) is 2.84. The molecule has 3 N–H and O–H groups in total. The Labute approximate surface area is 106 Å². The lowest BCUT2D eigenvalue weighted by molar-refractivity contribution is -0.122. The fourth-order valence-corrected chi connectivity index (χ4v) is 1.84. The molecule has 0 saturated carbocycles. The Morgan fingerprint density at radius 3 is 2.78 bits per heavy atom. The fraction of sp³-hybridized carbons (Fsp3) is 0.462. The van der Waals surface area contributed by atoms with Gasteiger partial charge in [-0.25, -0.2) is 4.39 Å². The van der Waals surface area contributed by atoms with Crippen molar-refractivity contribution < 1.29 is 13.9 Å². The van der Waals surface area contributed by atoms with Crippen molar-refractivity contribution >= 4 is 5.91 Å². The van der Waals surface area contributed by atoms with Gasteiger partial charge in [-0.1, -0.05) is 6.07 Å². The zero-order valence-corrected chi connectivity index (χ0v) is 10.7. The van der Waals surface area contributed by atoms with Crippen LogP contribution in [0.2, 0.25) is 0 Å². The smallest absolute Gasteiger partial charge is 0.227 e. The van der Waals surface area contributed by atoms with Crippen molar-refractivity contribution in [2.45, 2.75) is 18.8 Å². The summed E-state index contributed by atoms with van der Waals surface area (Å²) in [5, 5.41) is 2.59. The summed E-state index contributed by atoms with van der Waals surface area (Å²) in [7, 11) is 2.97. The van der Waals surface area contributed by atoms with Crippen molar-refractivity contribution in [2.24, 2.45) is 5.73 Å². The largest absolute Gasteiger partial charge is 0.494 e. The van der Waals surface area contributed by atoms with Crippen molar-refractivity contribution in [3.8, 4) is 5.75 Å². The molecule has 0 aliphatic rings. The number of carbonyl (C=O) groups is 1. The van der Waals surface area contributed by atoms with Crippen molar-refractivity contribution in [1.29, 1.82) is 0 Å². The van der Waals surface area contributed by atoms with Crippen LogP contribution >= 0.6 is 0 Å². The summed E-state index contributed by atoms with van der Waals surface area (Å²) < 4.78 is 18.5. The van der Waals surface area contributed by atoms with E-state index in [-0.39, 0.29) is 17.6 Å². The molecule has 100 valence electrons. The van der Waals surface area contributed by atoms with Crippen LogP contribution in [0.25, 0.3) is 0 Å². The van der Waals surface area contributed by atoms with Crippen LogP contribution in [0, 0.1) is 5.82 Å². The number of likely N-dealkylation sites (N-methyl/N-ethyl adjacent to an activating group) is 1. The number of methoxy groups -OCH3 is 1. The third-order valence-electron chi connectivity index (χ3n) is 2.84. The van der Waals surface area contributed by atoms with E-state index in [2.05, 4.69) is 5.32 Å². The first-order chi connectivity index (χ1) is 8.63. The number of benzene rings is 1. The normalized spacial score (nSPS) is 12.0. The Kier molecular flexibility index (Phi) is 5.58. The number of hydrogen-bond donors (Lipinski definition) is 2. The van der Waals surface area contributed by atoms with Gasteiger partial charge in [0.05, 0.1) is 13.0 Å². The summed E-state index contributed by atoms with van der Waals surface area (Å²) in [6.45, 7) is 0.506. The highest BCUT2D eigenvalue weighted by atomic mass is 19.1. The second-order valence-corrected chi connectivity index (χ2v) is 3.99. The number of rotatable bonds is 6. The van der Waals surface area contributed by atoms with Gasteiger partial charge in [0.15, 0.2) is 11.6 Å². The number of nitrogens with two attached hydrogens (primary N) is 1. The Bertz CT molecular complexity index is 410. The van der Waals surface area contributed by atoms with E-state index in [1.165, 1.54) is 19.2 Å². The molecule has 18 heavy (non-hydrogen) atoms. The van der Waals surface area contributed by atoms with Gasteiger partial charge in [0, 0.05) is 7.05 Å². The van der Waals surface area contributed by atoms with Crippen LogP contribution in [-0.2, 0) is 4.79 Å². The quantitative estimate of drug-likeness (QED) is 0.806. The molecule has 1 aromatic rings. The minimum absolute atomic E-state index is 0.131. The number of carbonyl (C=O) groups excluding carboxylic acids is 1. The molecule has 1 rings (SSSR count). The van der Waals surface area contributed by atoms with E-state index in [0.29, 0.717) is 24.9 Å². The minimum Gasteiger partial charge on any atom is -0.494 e. The Morgan fingerprint density at radius 2 is 2.28 bits per heavy atom. The lowest BCUT2D eigenvalue weighted by Crippen LogP contribution is -2.26. The molecule has 0 aliphatic carbocycles. The fourth-order valence-electron chi connectivity index (χ4n) is 1.84. The van der Waals surface area contributed by atoms with Crippen LogP contribution in [0.5, 0.6) is 5.75 Å². The van der Waals surface area contributed by atoms with Gasteiger partial charge in [0.25, 0.3) is 0 Å². The van der Waals surface area contributed by atoms with E-state index in [9.17, 15) is 9.18 Å². The van der Waals surface area contributed by atoms with E-state index in [4.69, 9.17) is 10.5 Å².